The third-order valence-electron chi connectivity index (χ3n) is 2.49. The molecular weight excluding hydrogens is 188 g/mol. The lowest BCUT2D eigenvalue weighted by Crippen LogP contribution is -2.45. The Bertz CT molecular complexity index is 172. The molecule has 0 aromatic heterocycles. The summed E-state index contributed by atoms with van der Waals surface area (Å²) in [7, 11) is -0.736. The summed E-state index contributed by atoms with van der Waals surface area (Å²) in [4.78, 5) is 0. The molecule has 0 aromatic carbocycles. The molecule has 1 aliphatic heterocycles. The molecule has 78 valence electrons. The van der Waals surface area contributed by atoms with Gasteiger partial charge in [-0.3, -0.25) is 4.21 Å². The molecule has 3 nitrogen and oxygen atoms in total. The third-order valence-corrected chi connectivity index (χ3v) is 3.23. The Hall–Kier alpha value is 0.0700. The fourth-order valence-corrected chi connectivity index (χ4v) is 1.60. The molecule has 0 amide bonds. The van der Waals surface area contributed by atoms with Gasteiger partial charge in [-0.2, -0.15) is 0 Å². The molecular formula is C9H18O3S. The first kappa shape index (κ1) is 11.1. The number of hydrogen-bond acceptors (Lipinski definition) is 3. The first-order chi connectivity index (χ1) is 6.18. The van der Waals surface area contributed by atoms with Gasteiger partial charge in [0, 0.05) is 28.2 Å². The first-order valence-corrected chi connectivity index (χ1v) is 6.37. The molecule has 13 heavy (non-hydrogen) atoms. The van der Waals surface area contributed by atoms with Gasteiger partial charge in [0.1, 0.15) is 0 Å². The minimum absolute atomic E-state index is 0.259. The van der Waals surface area contributed by atoms with Crippen LogP contribution in [0.1, 0.15) is 13.3 Å². The summed E-state index contributed by atoms with van der Waals surface area (Å²) in [5.41, 5.74) is 0.259. The average Bonchev–Trinajstić information content (AvgIpc) is 2.01. The zero-order valence-corrected chi connectivity index (χ0v) is 9.19. The van der Waals surface area contributed by atoms with Gasteiger partial charge < -0.3 is 9.47 Å². The number of ether oxygens (including phenoxy) is 2. The molecule has 0 saturated carbocycles. The second-order valence-electron chi connectivity index (χ2n) is 3.68. The molecule has 1 saturated heterocycles. The maximum absolute atomic E-state index is 10.7. The van der Waals surface area contributed by atoms with Crippen LogP contribution in [0.25, 0.3) is 0 Å². The van der Waals surface area contributed by atoms with Gasteiger partial charge in [0.15, 0.2) is 0 Å². The number of hydrogen-bond donors (Lipinski definition) is 0. The molecule has 0 radical (unpaired) electrons. The Morgan fingerprint density at radius 2 is 2.23 bits per heavy atom. The normalized spacial score (nSPS) is 22.3. The summed E-state index contributed by atoms with van der Waals surface area (Å²) < 4.78 is 21.4. The van der Waals surface area contributed by atoms with E-state index in [2.05, 4.69) is 6.92 Å². The van der Waals surface area contributed by atoms with Gasteiger partial charge in [-0.15, -0.1) is 0 Å². The van der Waals surface area contributed by atoms with Gasteiger partial charge in [-0.25, -0.2) is 0 Å². The van der Waals surface area contributed by atoms with Crippen LogP contribution in [0.3, 0.4) is 0 Å². The number of rotatable bonds is 6. The molecule has 1 fully saturated rings. The molecule has 0 aromatic rings. The van der Waals surface area contributed by atoms with Crippen LogP contribution in [0, 0.1) is 5.41 Å². The van der Waals surface area contributed by atoms with Gasteiger partial charge in [0.05, 0.1) is 26.4 Å². The summed E-state index contributed by atoms with van der Waals surface area (Å²) in [6.45, 7) is 5.15. The van der Waals surface area contributed by atoms with E-state index in [0.717, 1.165) is 26.2 Å². The molecule has 0 spiro atoms. The smallest absolute Gasteiger partial charge is 0.0581 e. The van der Waals surface area contributed by atoms with E-state index in [4.69, 9.17) is 9.47 Å². The van der Waals surface area contributed by atoms with Crippen LogP contribution in [0.5, 0.6) is 0 Å². The van der Waals surface area contributed by atoms with E-state index in [-0.39, 0.29) is 5.41 Å². The van der Waals surface area contributed by atoms with E-state index in [9.17, 15) is 4.21 Å². The minimum Gasteiger partial charge on any atom is -0.380 e. The zero-order chi connectivity index (χ0) is 9.73. The summed E-state index contributed by atoms with van der Waals surface area (Å²) in [5, 5.41) is 0. The molecule has 1 unspecified atom stereocenters. The van der Waals surface area contributed by atoms with Crippen molar-refractivity contribution in [3.05, 3.63) is 0 Å². The van der Waals surface area contributed by atoms with Crippen LogP contribution in [-0.2, 0) is 20.3 Å². The molecule has 1 atom stereocenters. The second-order valence-corrected chi connectivity index (χ2v) is 5.23. The summed E-state index contributed by atoms with van der Waals surface area (Å²) in [6, 6.07) is 0. The van der Waals surface area contributed by atoms with Crippen molar-refractivity contribution in [2.45, 2.75) is 13.3 Å². The van der Waals surface area contributed by atoms with Crippen molar-refractivity contribution in [1.29, 1.82) is 0 Å². The van der Waals surface area contributed by atoms with Crippen LogP contribution in [0.4, 0.5) is 0 Å². The van der Waals surface area contributed by atoms with E-state index in [0.29, 0.717) is 12.4 Å². The quantitative estimate of drug-likeness (QED) is 0.603. The van der Waals surface area contributed by atoms with E-state index >= 15 is 0 Å². The Morgan fingerprint density at radius 1 is 1.54 bits per heavy atom. The minimum atomic E-state index is -0.736. The molecule has 4 heteroatoms. The molecule has 1 rings (SSSR count). The van der Waals surface area contributed by atoms with E-state index in [1.807, 2.05) is 0 Å². The SMILES string of the molecule is CCC1(COCCS(C)=O)COC1. The molecule has 1 heterocycles. The maximum Gasteiger partial charge on any atom is 0.0581 e. The predicted molar refractivity (Wildman–Crippen MR) is 53.3 cm³/mol. The van der Waals surface area contributed by atoms with E-state index < -0.39 is 10.8 Å². The van der Waals surface area contributed by atoms with Crippen LogP contribution in [0.2, 0.25) is 0 Å². The lowest BCUT2D eigenvalue weighted by molar-refractivity contribution is -0.148. The van der Waals surface area contributed by atoms with Crippen molar-refractivity contribution in [2.75, 3.05) is 38.4 Å². The topological polar surface area (TPSA) is 35.5 Å². The van der Waals surface area contributed by atoms with Gasteiger partial charge in [0.25, 0.3) is 0 Å². The monoisotopic (exact) mass is 206 g/mol. The van der Waals surface area contributed by atoms with Crippen molar-refractivity contribution in [3.63, 3.8) is 0 Å². The van der Waals surface area contributed by atoms with Crippen molar-refractivity contribution < 1.29 is 13.7 Å². The molecule has 0 bridgehead atoms. The van der Waals surface area contributed by atoms with Crippen molar-refractivity contribution in [1.82, 2.24) is 0 Å². The van der Waals surface area contributed by atoms with Crippen LogP contribution in [-0.4, -0.2) is 42.6 Å². The molecule has 1 aliphatic rings. The fourth-order valence-electron chi connectivity index (χ4n) is 1.25. The Morgan fingerprint density at radius 3 is 2.62 bits per heavy atom. The van der Waals surface area contributed by atoms with Crippen LogP contribution >= 0.6 is 0 Å². The fraction of sp³-hybridized carbons (Fsp3) is 1.00. The predicted octanol–water partition coefficient (Wildman–Crippen LogP) is 0.808. The molecule has 0 N–H and O–H groups in total. The lowest BCUT2D eigenvalue weighted by atomic mass is 9.84. The summed E-state index contributed by atoms with van der Waals surface area (Å²) in [5.74, 6) is 0.640. The maximum atomic E-state index is 10.7. The Labute approximate surface area is 82.3 Å². The largest absolute Gasteiger partial charge is 0.380 e. The van der Waals surface area contributed by atoms with Crippen molar-refractivity contribution >= 4 is 10.8 Å². The van der Waals surface area contributed by atoms with E-state index in [1.54, 1.807) is 6.26 Å². The highest BCUT2D eigenvalue weighted by atomic mass is 32.2. The summed E-state index contributed by atoms with van der Waals surface area (Å²) >= 11 is 0. The Kier molecular flexibility index (Phi) is 4.35. The van der Waals surface area contributed by atoms with Crippen molar-refractivity contribution in [2.24, 2.45) is 5.41 Å². The summed E-state index contributed by atoms with van der Waals surface area (Å²) in [6.07, 6.45) is 2.80. The lowest BCUT2D eigenvalue weighted by Gasteiger charge is -2.40. The first-order valence-electron chi connectivity index (χ1n) is 4.64. The standard InChI is InChI=1S/C9H18O3S/c1-3-9(7-12-8-9)6-11-4-5-13(2)10/h3-8H2,1-2H3. The molecule has 0 aliphatic carbocycles. The highest BCUT2D eigenvalue weighted by Crippen LogP contribution is 2.31. The van der Waals surface area contributed by atoms with Gasteiger partial charge in [-0.1, -0.05) is 6.92 Å². The second kappa shape index (κ2) is 5.08. The zero-order valence-electron chi connectivity index (χ0n) is 8.38. The average molecular weight is 206 g/mol. The van der Waals surface area contributed by atoms with E-state index in [1.165, 1.54) is 0 Å². The van der Waals surface area contributed by atoms with Gasteiger partial charge >= 0.3 is 0 Å². The van der Waals surface area contributed by atoms with Gasteiger partial charge in [0.2, 0.25) is 0 Å². The van der Waals surface area contributed by atoms with Crippen LogP contribution in [0.15, 0.2) is 0 Å². The highest BCUT2D eigenvalue weighted by molar-refractivity contribution is 7.84. The third kappa shape index (κ3) is 3.37. The van der Waals surface area contributed by atoms with Crippen molar-refractivity contribution in [3.8, 4) is 0 Å². The highest BCUT2D eigenvalue weighted by Gasteiger charge is 2.36. The Balaban J connectivity index is 2.07. The van der Waals surface area contributed by atoms with Gasteiger partial charge in [-0.05, 0) is 6.42 Å². The van der Waals surface area contributed by atoms with Crippen LogP contribution < -0.4 is 0 Å².